The maximum atomic E-state index is 13.6. The van der Waals surface area contributed by atoms with Gasteiger partial charge in [-0.25, -0.2) is 4.79 Å². The summed E-state index contributed by atoms with van der Waals surface area (Å²) in [6.45, 7) is 8.17. The lowest BCUT2D eigenvalue weighted by atomic mass is 9.46. The van der Waals surface area contributed by atoms with Crippen LogP contribution >= 0.6 is 0 Å². The van der Waals surface area contributed by atoms with Gasteiger partial charge in [-0.05, 0) is 68.8 Å². The van der Waals surface area contributed by atoms with Gasteiger partial charge in [0.05, 0.1) is 12.0 Å². The van der Waals surface area contributed by atoms with Gasteiger partial charge in [0.25, 0.3) is 0 Å². The van der Waals surface area contributed by atoms with E-state index < -0.39 is 48.7 Å². The van der Waals surface area contributed by atoms with Crippen molar-refractivity contribution >= 4 is 11.9 Å². The molecule has 3 fully saturated rings. The van der Waals surface area contributed by atoms with Crippen LogP contribution in [0.4, 0.5) is 0 Å². The summed E-state index contributed by atoms with van der Waals surface area (Å²) in [5, 5.41) is 39.9. The highest BCUT2D eigenvalue weighted by atomic mass is 16.7. The van der Waals surface area contributed by atoms with E-state index in [0.717, 1.165) is 37.7 Å². The second kappa shape index (κ2) is 9.94. The van der Waals surface area contributed by atoms with Gasteiger partial charge < -0.3 is 34.6 Å². The van der Waals surface area contributed by atoms with E-state index in [2.05, 4.69) is 13.5 Å². The molecule has 9 nitrogen and oxygen atoms in total. The molecule has 2 aliphatic carbocycles. The fraction of sp³-hybridized carbons (Fsp3) is 0.769. The Kier molecular flexibility index (Phi) is 7.46. The number of aliphatic hydroxyl groups is 4. The van der Waals surface area contributed by atoms with E-state index >= 15 is 0 Å². The van der Waals surface area contributed by atoms with Crippen molar-refractivity contribution in [2.45, 2.75) is 89.5 Å². The fourth-order valence-electron chi connectivity index (χ4n) is 7.03. The van der Waals surface area contributed by atoms with Crippen LogP contribution in [-0.4, -0.2) is 76.3 Å². The van der Waals surface area contributed by atoms with Gasteiger partial charge in [-0.1, -0.05) is 25.5 Å². The molecular formula is C26H38O9. The zero-order valence-corrected chi connectivity index (χ0v) is 20.5. The highest BCUT2D eigenvalue weighted by molar-refractivity contribution is 5.90. The molecule has 0 bridgehead atoms. The predicted molar refractivity (Wildman–Crippen MR) is 124 cm³/mol. The van der Waals surface area contributed by atoms with Crippen LogP contribution in [0.5, 0.6) is 0 Å². The lowest BCUT2D eigenvalue weighted by Crippen LogP contribution is -2.61. The van der Waals surface area contributed by atoms with Gasteiger partial charge in [0, 0.05) is 5.57 Å². The number of allylic oxidation sites excluding steroid dienone is 1. The molecule has 0 aromatic heterocycles. The zero-order valence-electron chi connectivity index (χ0n) is 20.5. The molecule has 0 unspecified atom stereocenters. The first-order valence-corrected chi connectivity index (χ1v) is 12.6. The molecule has 1 saturated heterocycles. The molecule has 9 atom stereocenters. The molecule has 0 spiro atoms. The Morgan fingerprint density at radius 2 is 1.94 bits per heavy atom. The SMILES string of the molecule is C=C1CC[C@@H]2[C@@](C)(CCC[C@@]2(C)C(=O)O[C@@H]2O[C@H](CO)[C@@H](O)[C@H](O)[C@H]2O)[C@@H]1CCC1=CCOC1=O. The van der Waals surface area contributed by atoms with Crippen LogP contribution in [0.2, 0.25) is 0 Å². The van der Waals surface area contributed by atoms with E-state index in [1.54, 1.807) is 0 Å². The molecule has 4 rings (SSSR count). The molecule has 0 aromatic carbocycles. The molecule has 2 heterocycles. The first-order chi connectivity index (χ1) is 16.5. The number of carbonyl (C=O) groups is 2. The quantitative estimate of drug-likeness (QED) is 0.318. The number of esters is 2. The lowest BCUT2D eigenvalue weighted by molar-refractivity contribution is -0.297. The van der Waals surface area contributed by atoms with Crippen LogP contribution in [0, 0.1) is 22.7 Å². The van der Waals surface area contributed by atoms with E-state index in [1.165, 1.54) is 0 Å². The van der Waals surface area contributed by atoms with E-state index in [1.807, 2.05) is 13.0 Å². The third kappa shape index (κ3) is 4.57. The normalized spacial score (nSPS) is 43.8. The van der Waals surface area contributed by atoms with Crippen LogP contribution < -0.4 is 0 Å². The van der Waals surface area contributed by atoms with Crippen molar-refractivity contribution < 1.29 is 44.2 Å². The van der Waals surface area contributed by atoms with Crippen molar-refractivity contribution in [3.63, 3.8) is 0 Å². The highest BCUT2D eigenvalue weighted by Gasteiger charge is 2.58. The summed E-state index contributed by atoms with van der Waals surface area (Å²) < 4.78 is 16.1. The van der Waals surface area contributed by atoms with E-state index in [9.17, 15) is 30.0 Å². The van der Waals surface area contributed by atoms with Gasteiger partial charge in [-0.15, -0.1) is 0 Å². The number of rotatable bonds is 6. The average Bonchev–Trinajstić information content (AvgIpc) is 3.23. The van der Waals surface area contributed by atoms with Crippen molar-refractivity contribution in [2.24, 2.45) is 22.7 Å². The molecule has 9 heteroatoms. The van der Waals surface area contributed by atoms with Gasteiger partial charge in [0.2, 0.25) is 6.29 Å². The molecule has 4 aliphatic rings. The molecule has 0 aromatic rings. The minimum absolute atomic E-state index is 0.0128. The third-order valence-corrected chi connectivity index (χ3v) is 9.07. The molecule has 4 N–H and O–H groups in total. The first-order valence-electron chi connectivity index (χ1n) is 12.6. The Bertz CT molecular complexity index is 882. The predicted octanol–water partition coefficient (Wildman–Crippen LogP) is 1.37. The maximum Gasteiger partial charge on any atom is 0.334 e. The summed E-state index contributed by atoms with van der Waals surface area (Å²) in [5.74, 6) is -0.660. The molecular weight excluding hydrogens is 456 g/mol. The zero-order chi connectivity index (χ0) is 25.5. The van der Waals surface area contributed by atoms with Gasteiger partial charge in [0.1, 0.15) is 31.0 Å². The summed E-state index contributed by atoms with van der Waals surface area (Å²) in [6.07, 6.45) is -0.305. The number of fused-ring (bicyclic) bond motifs is 1. The first kappa shape index (κ1) is 26.3. The minimum atomic E-state index is -1.63. The third-order valence-electron chi connectivity index (χ3n) is 9.07. The number of aliphatic hydroxyl groups excluding tert-OH is 4. The molecule has 0 radical (unpaired) electrons. The van der Waals surface area contributed by atoms with Crippen LogP contribution in [0.25, 0.3) is 0 Å². The average molecular weight is 495 g/mol. The second-order valence-corrected chi connectivity index (χ2v) is 11.0. The van der Waals surface area contributed by atoms with E-state index in [-0.39, 0.29) is 23.2 Å². The molecule has 0 amide bonds. The monoisotopic (exact) mass is 494 g/mol. The number of carbonyl (C=O) groups excluding carboxylic acids is 2. The summed E-state index contributed by atoms with van der Waals surface area (Å²) in [5.41, 5.74) is 0.766. The topological polar surface area (TPSA) is 143 Å². The number of ether oxygens (including phenoxy) is 3. The van der Waals surface area contributed by atoms with Crippen LogP contribution in [0.1, 0.15) is 58.8 Å². The molecule has 2 saturated carbocycles. The fourth-order valence-corrected chi connectivity index (χ4v) is 7.03. The van der Waals surface area contributed by atoms with Crippen molar-refractivity contribution in [1.82, 2.24) is 0 Å². The van der Waals surface area contributed by atoms with Crippen molar-refractivity contribution in [1.29, 1.82) is 0 Å². The second-order valence-electron chi connectivity index (χ2n) is 11.0. The molecule has 196 valence electrons. The number of cyclic esters (lactones) is 1. The Balaban J connectivity index is 1.52. The maximum absolute atomic E-state index is 13.6. The summed E-state index contributed by atoms with van der Waals surface area (Å²) in [6, 6.07) is 0. The van der Waals surface area contributed by atoms with E-state index in [0.29, 0.717) is 25.0 Å². The Labute approximate surface area is 205 Å². The van der Waals surface area contributed by atoms with Crippen LogP contribution in [0.3, 0.4) is 0 Å². The smallest absolute Gasteiger partial charge is 0.334 e. The van der Waals surface area contributed by atoms with Gasteiger partial charge in [0.15, 0.2) is 0 Å². The largest absolute Gasteiger partial charge is 0.458 e. The molecule has 2 aliphatic heterocycles. The summed E-state index contributed by atoms with van der Waals surface area (Å²) in [7, 11) is 0. The minimum Gasteiger partial charge on any atom is -0.458 e. The Hall–Kier alpha value is -1.78. The van der Waals surface area contributed by atoms with Gasteiger partial charge >= 0.3 is 11.9 Å². The number of hydrogen-bond donors (Lipinski definition) is 4. The van der Waals surface area contributed by atoms with Gasteiger partial charge in [-0.3, -0.25) is 4.79 Å². The summed E-state index contributed by atoms with van der Waals surface area (Å²) >= 11 is 0. The highest BCUT2D eigenvalue weighted by Crippen LogP contribution is 2.62. The van der Waals surface area contributed by atoms with E-state index in [4.69, 9.17) is 14.2 Å². The van der Waals surface area contributed by atoms with Crippen LogP contribution in [-0.2, 0) is 23.8 Å². The summed E-state index contributed by atoms with van der Waals surface area (Å²) in [4.78, 5) is 25.5. The van der Waals surface area contributed by atoms with Gasteiger partial charge in [-0.2, -0.15) is 0 Å². The standard InChI is InChI=1S/C26H38O9/c1-14-5-8-18-25(2,16(14)7-6-15-9-12-33-22(15)31)10-4-11-26(18,3)24(32)35-23-21(30)20(29)19(28)17(13-27)34-23/h9,16-21,23,27-30H,1,4-8,10-13H2,2-3H3/t16-,17-,18-,19-,20+,21-,23+,25+,26-/m1/s1. The van der Waals surface area contributed by atoms with Crippen molar-refractivity contribution in [3.8, 4) is 0 Å². The van der Waals surface area contributed by atoms with Crippen LogP contribution in [0.15, 0.2) is 23.8 Å². The van der Waals surface area contributed by atoms with Crippen molar-refractivity contribution in [2.75, 3.05) is 13.2 Å². The molecule has 35 heavy (non-hydrogen) atoms. The Morgan fingerprint density at radius 1 is 1.20 bits per heavy atom. The lowest BCUT2D eigenvalue weighted by Gasteiger charge is -2.58. The Morgan fingerprint density at radius 3 is 2.60 bits per heavy atom. The van der Waals surface area contributed by atoms with Crippen molar-refractivity contribution in [3.05, 3.63) is 23.8 Å². The number of hydrogen-bond acceptors (Lipinski definition) is 9.